The number of hydrogen-bond acceptors (Lipinski definition) is 6. The van der Waals surface area contributed by atoms with Gasteiger partial charge in [0.2, 0.25) is 0 Å². The van der Waals surface area contributed by atoms with Crippen molar-refractivity contribution in [3.8, 4) is 5.75 Å². The molecule has 3 N–H and O–H groups in total. The molecule has 2 amide bonds. The summed E-state index contributed by atoms with van der Waals surface area (Å²) < 4.78 is 10.4. The van der Waals surface area contributed by atoms with Crippen LogP contribution in [-0.2, 0) is 9.53 Å². The molecule has 10 heteroatoms. The van der Waals surface area contributed by atoms with Gasteiger partial charge in [-0.2, -0.15) is 0 Å². The van der Waals surface area contributed by atoms with Gasteiger partial charge in [0.05, 0.1) is 12.2 Å². The Morgan fingerprint density at radius 1 is 1.03 bits per heavy atom. The molecule has 0 radical (unpaired) electrons. The zero-order chi connectivity index (χ0) is 21.9. The Balaban J connectivity index is 1.72. The van der Waals surface area contributed by atoms with E-state index >= 15 is 0 Å². The number of ether oxygens (including phenoxy) is 2. The van der Waals surface area contributed by atoms with Gasteiger partial charge in [-0.3, -0.25) is 25.8 Å². The van der Waals surface area contributed by atoms with E-state index in [0.29, 0.717) is 28.5 Å². The van der Waals surface area contributed by atoms with Crippen LogP contribution in [0, 0.1) is 0 Å². The molecule has 8 nitrogen and oxygen atoms in total. The van der Waals surface area contributed by atoms with E-state index in [1.807, 2.05) is 6.92 Å². The second-order valence-electron chi connectivity index (χ2n) is 5.92. The highest BCUT2D eigenvalue weighted by Gasteiger charge is 2.10. The molecule has 0 saturated carbocycles. The van der Waals surface area contributed by atoms with Gasteiger partial charge in [0.25, 0.3) is 11.8 Å². The molecule has 158 valence electrons. The summed E-state index contributed by atoms with van der Waals surface area (Å²) in [6, 6.07) is 12.5. The molecule has 0 unspecified atom stereocenters. The summed E-state index contributed by atoms with van der Waals surface area (Å²) in [6.07, 6.45) is 0.740. The second kappa shape index (κ2) is 11.7. The van der Waals surface area contributed by atoms with Crippen LogP contribution < -0.4 is 20.9 Å². The first kappa shape index (κ1) is 23.1. The number of nitrogens with one attached hydrogen (secondary N) is 3. The van der Waals surface area contributed by atoms with E-state index in [1.54, 1.807) is 42.5 Å². The quantitative estimate of drug-likeness (QED) is 0.339. The van der Waals surface area contributed by atoms with Crippen LogP contribution in [0.1, 0.15) is 34.1 Å². The average molecular weight is 450 g/mol. The number of carbonyl (C=O) groups is 3. The minimum atomic E-state index is -0.527. The number of thiocarbonyl (C=S) groups is 1. The Morgan fingerprint density at radius 2 is 1.77 bits per heavy atom. The largest absolute Gasteiger partial charge is 0.484 e. The zero-order valence-corrected chi connectivity index (χ0v) is 17.6. The van der Waals surface area contributed by atoms with E-state index < -0.39 is 17.8 Å². The first-order valence-electron chi connectivity index (χ1n) is 8.94. The van der Waals surface area contributed by atoms with Crippen LogP contribution in [-0.4, -0.2) is 36.1 Å². The normalized spacial score (nSPS) is 9.93. The maximum atomic E-state index is 12.0. The number of halogens is 1. The number of hydrazine groups is 1. The van der Waals surface area contributed by atoms with Crippen LogP contribution >= 0.6 is 23.8 Å². The van der Waals surface area contributed by atoms with Crippen molar-refractivity contribution in [3.63, 3.8) is 0 Å². The molecule has 0 aromatic heterocycles. The van der Waals surface area contributed by atoms with E-state index in [1.165, 1.54) is 6.07 Å². The second-order valence-corrected chi connectivity index (χ2v) is 6.76. The molecule has 2 aromatic rings. The van der Waals surface area contributed by atoms with Gasteiger partial charge in [-0.25, -0.2) is 4.79 Å². The minimum absolute atomic E-state index is 0.0942. The molecule has 0 atom stereocenters. The van der Waals surface area contributed by atoms with Gasteiger partial charge < -0.3 is 9.47 Å². The monoisotopic (exact) mass is 449 g/mol. The number of rotatable bonds is 7. The topological polar surface area (TPSA) is 106 Å². The molecule has 30 heavy (non-hydrogen) atoms. The van der Waals surface area contributed by atoms with Crippen molar-refractivity contribution in [1.29, 1.82) is 0 Å². The van der Waals surface area contributed by atoms with Crippen LogP contribution in [0.4, 0.5) is 0 Å². The van der Waals surface area contributed by atoms with Crippen molar-refractivity contribution in [2.45, 2.75) is 13.3 Å². The summed E-state index contributed by atoms with van der Waals surface area (Å²) in [7, 11) is 0. The number of benzene rings is 2. The molecule has 2 aromatic carbocycles. The summed E-state index contributed by atoms with van der Waals surface area (Å²) in [5.74, 6) is -1.02. The summed E-state index contributed by atoms with van der Waals surface area (Å²) in [5.41, 5.74) is 5.42. The maximum absolute atomic E-state index is 12.0. The Morgan fingerprint density at radius 3 is 2.43 bits per heavy atom. The van der Waals surface area contributed by atoms with Crippen LogP contribution in [0.15, 0.2) is 48.5 Å². The van der Waals surface area contributed by atoms with Gasteiger partial charge in [-0.1, -0.05) is 24.6 Å². The standard InChI is InChI=1S/C20H20ClN3O5S/c1-2-10-28-19(27)13-6-8-16(9-7-13)29-12-17(25)23-24-20(30)22-18(26)14-4-3-5-15(21)11-14/h3-9,11H,2,10,12H2,1H3,(H,23,25)(H2,22,24,26,30). The zero-order valence-electron chi connectivity index (χ0n) is 16.1. The van der Waals surface area contributed by atoms with Crippen LogP contribution in [0.3, 0.4) is 0 Å². The van der Waals surface area contributed by atoms with E-state index in [4.69, 9.17) is 33.3 Å². The van der Waals surface area contributed by atoms with Crippen LogP contribution in [0.5, 0.6) is 5.75 Å². The van der Waals surface area contributed by atoms with Crippen molar-refractivity contribution >= 4 is 46.7 Å². The predicted molar refractivity (Wildman–Crippen MR) is 115 cm³/mol. The van der Waals surface area contributed by atoms with Gasteiger partial charge in [-0.05, 0) is 61.1 Å². The Kier molecular flexibility index (Phi) is 9.04. The average Bonchev–Trinajstić information content (AvgIpc) is 2.74. The van der Waals surface area contributed by atoms with Gasteiger partial charge in [0.15, 0.2) is 11.7 Å². The number of esters is 1. The summed E-state index contributed by atoms with van der Waals surface area (Å²) in [6.45, 7) is 1.95. The van der Waals surface area contributed by atoms with Crippen LogP contribution in [0.2, 0.25) is 5.02 Å². The summed E-state index contributed by atoms with van der Waals surface area (Å²) in [5, 5.41) is 2.73. The number of amides is 2. The molecule has 0 spiro atoms. The number of hydrogen-bond donors (Lipinski definition) is 3. The van der Waals surface area contributed by atoms with E-state index in [0.717, 1.165) is 6.42 Å². The smallest absolute Gasteiger partial charge is 0.338 e. The minimum Gasteiger partial charge on any atom is -0.484 e. The van der Waals surface area contributed by atoms with Crippen molar-refractivity contribution < 1.29 is 23.9 Å². The Bertz CT molecular complexity index is 921. The van der Waals surface area contributed by atoms with Crippen molar-refractivity contribution in [2.24, 2.45) is 0 Å². The molecule has 0 heterocycles. The fourth-order valence-electron chi connectivity index (χ4n) is 2.11. The van der Waals surface area contributed by atoms with Crippen molar-refractivity contribution in [3.05, 3.63) is 64.7 Å². The molecule has 0 aliphatic carbocycles. The summed E-state index contributed by atoms with van der Waals surface area (Å²) >= 11 is 10.8. The molecule has 2 rings (SSSR count). The lowest BCUT2D eigenvalue weighted by Gasteiger charge is -2.11. The fraction of sp³-hybridized carbons (Fsp3) is 0.200. The molecular formula is C20H20ClN3O5S. The first-order valence-corrected chi connectivity index (χ1v) is 9.73. The lowest BCUT2D eigenvalue weighted by atomic mass is 10.2. The van der Waals surface area contributed by atoms with E-state index in [-0.39, 0.29) is 11.7 Å². The van der Waals surface area contributed by atoms with Gasteiger partial charge in [-0.15, -0.1) is 0 Å². The highest BCUT2D eigenvalue weighted by molar-refractivity contribution is 7.80. The lowest BCUT2D eigenvalue weighted by Crippen LogP contribution is -2.49. The van der Waals surface area contributed by atoms with Crippen LogP contribution in [0.25, 0.3) is 0 Å². The SMILES string of the molecule is CCCOC(=O)c1ccc(OCC(=O)NNC(=S)NC(=O)c2cccc(Cl)c2)cc1. The van der Waals surface area contributed by atoms with Gasteiger partial charge in [0.1, 0.15) is 5.75 Å². The Hall–Kier alpha value is -3.17. The lowest BCUT2D eigenvalue weighted by molar-refractivity contribution is -0.123. The third-order valence-corrected chi connectivity index (χ3v) is 3.97. The fourth-order valence-corrected chi connectivity index (χ4v) is 2.45. The molecule has 0 aliphatic heterocycles. The summed E-state index contributed by atoms with van der Waals surface area (Å²) in [4.78, 5) is 35.6. The predicted octanol–water partition coefficient (Wildman–Crippen LogP) is 2.62. The highest BCUT2D eigenvalue weighted by atomic mass is 35.5. The molecular weight excluding hydrogens is 430 g/mol. The molecule has 0 aliphatic rings. The molecule has 0 fully saturated rings. The first-order chi connectivity index (χ1) is 14.4. The van der Waals surface area contributed by atoms with Gasteiger partial charge >= 0.3 is 5.97 Å². The third kappa shape index (κ3) is 7.69. The van der Waals surface area contributed by atoms with E-state index in [9.17, 15) is 14.4 Å². The number of carbonyl (C=O) groups excluding carboxylic acids is 3. The Labute approximate surface area is 183 Å². The van der Waals surface area contributed by atoms with Gasteiger partial charge in [0, 0.05) is 10.6 Å². The maximum Gasteiger partial charge on any atom is 0.338 e. The molecule has 0 bridgehead atoms. The van der Waals surface area contributed by atoms with E-state index in [2.05, 4.69) is 16.2 Å². The van der Waals surface area contributed by atoms with Crippen molar-refractivity contribution in [1.82, 2.24) is 16.2 Å². The molecule has 0 saturated heterocycles. The van der Waals surface area contributed by atoms with Crippen molar-refractivity contribution in [2.75, 3.05) is 13.2 Å². The highest BCUT2D eigenvalue weighted by Crippen LogP contribution is 2.13. The third-order valence-electron chi connectivity index (χ3n) is 3.53.